The van der Waals surface area contributed by atoms with Gasteiger partial charge < -0.3 is 10.2 Å². The van der Waals surface area contributed by atoms with Crippen molar-refractivity contribution in [3.05, 3.63) is 90.0 Å². The third-order valence-electron chi connectivity index (χ3n) is 4.68. The van der Waals surface area contributed by atoms with Gasteiger partial charge in [-0.2, -0.15) is 0 Å². The molecule has 0 spiro atoms. The van der Waals surface area contributed by atoms with Crippen molar-refractivity contribution in [1.29, 1.82) is 0 Å². The number of carbonyl (C=O) groups excluding carboxylic acids is 1. The molecule has 0 fully saturated rings. The van der Waals surface area contributed by atoms with Crippen LogP contribution in [-0.2, 0) is 12.8 Å². The van der Waals surface area contributed by atoms with E-state index in [0.717, 1.165) is 31.5 Å². The molecule has 0 aliphatic carbocycles. The fourth-order valence-corrected chi connectivity index (χ4v) is 2.95. The lowest BCUT2D eigenvalue weighted by molar-refractivity contribution is 0.0948. The van der Waals surface area contributed by atoms with E-state index in [0.29, 0.717) is 12.2 Å². The van der Waals surface area contributed by atoms with E-state index in [9.17, 15) is 4.79 Å². The molecule has 0 saturated carbocycles. The molecule has 2 aromatic heterocycles. The molecule has 5 heteroatoms. The van der Waals surface area contributed by atoms with Crippen LogP contribution >= 0.6 is 0 Å². The highest BCUT2D eigenvalue weighted by molar-refractivity contribution is 5.92. The van der Waals surface area contributed by atoms with Crippen LogP contribution in [0.1, 0.15) is 28.0 Å². The van der Waals surface area contributed by atoms with Gasteiger partial charge >= 0.3 is 0 Å². The van der Waals surface area contributed by atoms with Crippen molar-refractivity contribution in [2.24, 2.45) is 0 Å². The van der Waals surface area contributed by atoms with Crippen LogP contribution in [-0.4, -0.2) is 36.0 Å². The first-order chi connectivity index (χ1) is 13.7. The van der Waals surface area contributed by atoms with E-state index < -0.39 is 0 Å². The molecule has 144 valence electrons. The maximum atomic E-state index is 12.3. The first-order valence-electron chi connectivity index (χ1n) is 9.60. The lowest BCUT2D eigenvalue weighted by Gasteiger charge is -2.19. The first-order valence-corrected chi connectivity index (χ1v) is 9.60. The van der Waals surface area contributed by atoms with E-state index >= 15 is 0 Å². The topological polar surface area (TPSA) is 58.1 Å². The summed E-state index contributed by atoms with van der Waals surface area (Å²) in [6.07, 6.45) is 8.17. The summed E-state index contributed by atoms with van der Waals surface area (Å²) in [5.74, 6) is -0.126. The van der Waals surface area contributed by atoms with Gasteiger partial charge in [0.25, 0.3) is 5.91 Å². The molecule has 2 heterocycles. The van der Waals surface area contributed by atoms with E-state index in [1.165, 1.54) is 11.1 Å². The minimum absolute atomic E-state index is 0.126. The molecule has 0 unspecified atom stereocenters. The van der Waals surface area contributed by atoms with Gasteiger partial charge in [0.1, 0.15) is 5.69 Å². The van der Waals surface area contributed by atoms with Crippen LogP contribution in [0.5, 0.6) is 0 Å². The molecule has 0 bridgehead atoms. The van der Waals surface area contributed by atoms with E-state index in [4.69, 9.17) is 0 Å². The van der Waals surface area contributed by atoms with Gasteiger partial charge in [-0.1, -0.05) is 30.3 Å². The smallest absolute Gasteiger partial charge is 0.269 e. The SMILES string of the molecule is CN(CCc1ccncc1)c1ccc(C(=O)NCCCc2ccccc2)nc1. The highest BCUT2D eigenvalue weighted by Gasteiger charge is 2.08. The Balaban J connectivity index is 1.43. The van der Waals surface area contributed by atoms with Gasteiger partial charge in [0.15, 0.2) is 0 Å². The maximum Gasteiger partial charge on any atom is 0.269 e. The largest absolute Gasteiger partial charge is 0.373 e. The molecule has 1 amide bonds. The van der Waals surface area contributed by atoms with Crippen LogP contribution in [0.25, 0.3) is 0 Å². The number of rotatable bonds is 9. The molecule has 0 atom stereocenters. The van der Waals surface area contributed by atoms with Gasteiger partial charge in [-0.3, -0.25) is 9.78 Å². The first kappa shape index (κ1) is 19.5. The summed E-state index contributed by atoms with van der Waals surface area (Å²) in [7, 11) is 2.03. The van der Waals surface area contributed by atoms with Gasteiger partial charge in [-0.15, -0.1) is 0 Å². The number of nitrogens with zero attached hydrogens (tertiary/aromatic N) is 3. The average Bonchev–Trinajstić information content (AvgIpc) is 2.76. The lowest BCUT2D eigenvalue weighted by atomic mass is 10.1. The third kappa shape index (κ3) is 5.91. The molecule has 0 aliphatic heterocycles. The maximum absolute atomic E-state index is 12.3. The van der Waals surface area contributed by atoms with Crippen LogP contribution in [0.4, 0.5) is 5.69 Å². The number of carbonyl (C=O) groups is 1. The molecule has 1 aromatic carbocycles. The van der Waals surface area contributed by atoms with Crippen molar-refractivity contribution >= 4 is 11.6 Å². The van der Waals surface area contributed by atoms with E-state index in [-0.39, 0.29) is 5.91 Å². The van der Waals surface area contributed by atoms with Gasteiger partial charge in [-0.25, -0.2) is 4.98 Å². The summed E-state index contributed by atoms with van der Waals surface area (Å²) in [5.41, 5.74) is 3.98. The quantitative estimate of drug-likeness (QED) is 0.582. The summed E-state index contributed by atoms with van der Waals surface area (Å²) in [4.78, 5) is 22.8. The summed E-state index contributed by atoms with van der Waals surface area (Å²) >= 11 is 0. The lowest BCUT2D eigenvalue weighted by Crippen LogP contribution is -2.26. The second-order valence-corrected chi connectivity index (χ2v) is 6.77. The number of nitrogens with one attached hydrogen (secondary N) is 1. The van der Waals surface area contributed by atoms with Gasteiger partial charge in [-0.05, 0) is 54.7 Å². The number of likely N-dealkylation sites (N-methyl/N-ethyl adjacent to an activating group) is 1. The summed E-state index contributed by atoms with van der Waals surface area (Å²) < 4.78 is 0. The number of pyridine rings is 2. The Kier molecular flexibility index (Phi) is 7.13. The van der Waals surface area contributed by atoms with Gasteiger partial charge in [0.05, 0.1) is 11.9 Å². The molecular weight excluding hydrogens is 348 g/mol. The Bertz CT molecular complexity index is 851. The zero-order chi connectivity index (χ0) is 19.6. The Morgan fingerprint density at radius 2 is 1.71 bits per heavy atom. The van der Waals surface area contributed by atoms with Crippen molar-refractivity contribution in [3.8, 4) is 0 Å². The van der Waals surface area contributed by atoms with E-state index in [2.05, 4.69) is 32.3 Å². The Hall–Kier alpha value is -3.21. The van der Waals surface area contributed by atoms with Crippen molar-refractivity contribution in [2.75, 3.05) is 25.0 Å². The highest BCUT2D eigenvalue weighted by Crippen LogP contribution is 2.12. The van der Waals surface area contributed by atoms with Crippen molar-refractivity contribution in [1.82, 2.24) is 15.3 Å². The highest BCUT2D eigenvalue weighted by atomic mass is 16.1. The second-order valence-electron chi connectivity index (χ2n) is 6.77. The Morgan fingerprint density at radius 3 is 2.43 bits per heavy atom. The number of hydrogen-bond donors (Lipinski definition) is 1. The number of aromatic nitrogens is 2. The van der Waals surface area contributed by atoms with Crippen LogP contribution in [0.2, 0.25) is 0 Å². The van der Waals surface area contributed by atoms with Crippen molar-refractivity contribution in [2.45, 2.75) is 19.3 Å². The number of aryl methyl sites for hydroxylation is 1. The molecule has 28 heavy (non-hydrogen) atoms. The minimum atomic E-state index is -0.126. The zero-order valence-electron chi connectivity index (χ0n) is 16.2. The monoisotopic (exact) mass is 374 g/mol. The molecule has 0 aliphatic rings. The third-order valence-corrected chi connectivity index (χ3v) is 4.68. The zero-order valence-corrected chi connectivity index (χ0v) is 16.2. The molecule has 3 aromatic rings. The van der Waals surface area contributed by atoms with Crippen molar-refractivity contribution in [3.63, 3.8) is 0 Å². The molecule has 5 nitrogen and oxygen atoms in total. The predicted molar refractivity (Wildman–Crippen MR) is 113 cm³/mol. The summed E-state index contributed by atoms with van der Waals surface area (Å²) in [6, 6.07) is 18.1. The fourth-order valence-electron chi connectivity index (χ4n) is 2.95. The second kappa shape index (κ2) is 10.2. The minimum Gasteiger partial charge on any atom is -0.373 e. The van der Waals surface area contributed by atoms with Crippen molar-refractivity contribution < 1.29 is 4.79 Å². The molecular formula is C23H26N4O. The molecule has 0 radical (unpaired) electrons. The summed E-state index contributed by atoms with van der Waals surface area (Å²) in [6.45, 7) is 1.51. The fraction of sp³-hybridized carbons (Fsp3) is 0.261. The molecule has 1 N–H and O–H groups in total. The average molecular weight is 374 g/mol. The van der Waals surface area contributed by atoms with E-state index in [1.807, 2.05) is 55.8 Å². The summed E-state index contributed by atoms with van der Waals surface area (Å²) in [5, 5.41) is 2.94. The van der Waals surface area contributed by atoms with Crippen LogP contribution in [0, 0.1) is 0 Å². The van der Waals surface area contributed by atoms with Gasteiger partial charge in [0.2, 0.25) is 0 Å². The van der Waals surface area contributed by atoms with Crippen LogP contribution < -0.4 is 10.2 Å². The normalized spacial score (nSPS) is 10.5. The van der Waals surface area contributed by atoms with Gasteiger partial charge in [0, 0.05) is 32.5 Å². The van der Waals surface area contributed by atoms with E-state index in [1.54, 1.807) is 12.3 Å². The number of amides is 1. The number of hydrogen-bond acceptors (Lipinski definition) is 4. The molecule has 0 saturated heterocycles. The Labute approximate surface area is 166 Å². The number of benzene rings is 1. The van der Waals surface area contributed by atoms with Crippen LogP contribution in [0.3, 0.4) is 0 Å². The van der Waals surface area contributed by atoms with Crippen LogP contribution in [0.15, 0.2) is 73.2 Å². The standard InChI is InChI=1S/C23H26N4O/c1-27(17-13-20-11-15-24-16-12-20)21-9-10-22(26-18-21)23(28)25-14-5-8-19-6-3-2-4-7-19/h2-4,6-7,9-12,15-16,18H,5,8,13-14,17H2,1H3,(H,25,28). The number of anilines is 1. The predicted octanol–water partition coefficient (Wildman–Crippen LogP) is 3.52. The molecule has 3 rings (SSSR count). The Morgan fingerprint density at radius 1 is 0.964 bits per heavy atom.